The molecule has 1 heterocycles. The van der Waals surface area contributed by atoms with Crippen LogP contribution in [0.3, 0.4) is 0 Å². The third-order valence-electron chi connectivity index (χ3n) is 2.38. The summed E-state index contributed by atoms with van der Waals surface area (Å²) in [7, 11) is 0. The van der Waals surface area contributed by atoms with E-state index < -0.39 is 10.5 Å². The second-order valence-electron chi connectivity index (χ2n) is 3.17. The molecule has 0 aromatic carbocycles. The lowest BCUT2D eigenvalue weighted by Crippen LogP contribution is -3.18. The Morgan fingerprint density at radius 1 is 1.42 bits per heavy atom. The van der Waals surface area contributed by atoms with Gasteiger partial charge in [-0.15, -0.1) is 0 Å². The fourth-order valence-electron chi connectivity index (χ4n) is 1.68. The highest BCUT2D eigenvalue weighted by Crippen LogP contribution is 2.12. The molecule has 0 spiro atoms. The highest BCUT2D eigenvalue weighted by molar-refractivity contribution is 5.05. The molecule has 4 unspecified atom stereocenters. The minimum Gasteiger partial charge on any atom is -0.595 e. The lowest BCUT2D eigenvalue weighted by molar-refractivity contribution is -1.27. The van der Waals surface area contributed by atoms with Gasteiger partial charge in [-0.05, 0) is 4.94 Å². The summed E-state index contributed by atoms with van der Waals surface area (Å²) >= 11 is 0. The number of rotatable bonds is 0. The summed E-state index contributed by atoms with van der Waals surface area (Å²) in [5, 5.41) is 21.2. The molecule has 1 aliphatic carbocycles. The SMILES string of the molecule is NC1=CCC2C(C1)[NH+]([O-])O[NH+]2[O-]. The van der Waals surface area contributed by atoms with E-state index in [1.54, 1.807) is 6.08 Å². The Morgan fingerprint density at radius 2 is 2.08 bits per heavy atom. The quantitative estimate of drug-likeness (QED) is 0.340. The predicted octanol–water partition coefficient (Wildman–Crippen LogP) is -3.01. The van der Waals surface area contributed by atoms with Crippen molar-refractivity contribution in [3.05, 3.63) is 22.2 Å². The Hall–Kier alpha value is -0.660. The van der Waals surface area contributed by atoms with Crippen LogP contribution >= 0.6 is 0 Å². The average molecular weight is 173 g/mol. The van der Waals surface area contributed by atoms with Crippen LogP contribution in [0.4, 0.5) is 0 Å². The van der Waals surface area contributed by atoms with E-state index in [0.29, 0.717) is 18.5 Å². The fraction of sp³-hybridized carbons (Fsp3) is 0.667. The van der Waals surface area contributed by atoms with Gasteiger partial charge in [-0.25, -0.2) is 0 Å². The number of nitrogens with one attached hydrogen (secondary N) is 2. The largest absolute Gasteiger partial charge is 0.595 e. The van der Waals surface area contributed by atoms with Crippen molar-refractivity contribution in [1.82, 2.24) is 0 Å². The number of quaternary nitrogens is 2. The molecule has 0 radical (unpaired) electrons. The molecule has 0 aromatic heterocycles. The van der Waals surface area contributed by atoms with E-state index in [0.717, 1.165) is 0 Å². The highest BCUT2D eigenvalue weighted by atomic mass is 17.1. The molecule has 2 aliphatic rings. The van der Waals surface area contributed by atoms with Crippen molar-refractivity contribution in [3.8, 4) is 0 Å². The molecule has 1 fully saturated rings. The van der Waals surface area contributed by atoms with Crippen molar-refractivity contribution in [2.75, 3.05) is 0 Å². The van der Waals surface area contributed by atoms with E-state index in [9.17, 15) is 10.4 Å². The first kappa shape index (κ1) is 7.96. The lowest BCUT2D eigenvalue weighted by atomic mass is 9.95. The standard InChI is InChI=1S/C6H11N3O3/c7-4-1-2-5-6(3-4)9(11)12-8(5)10/h1,5-6,8-9H,2-3,7H2. The summed E-state index contributed by atoms with van der Waals surface area (Å²) in [4.78, 5) is 4.49. The molecular weight excluding hydrogens is 162 g/mol. The van der Waals surface area contributed by atoms with Crippen LogP contribution < -0.4 is 16.2 Å². The molecular formula is C6H11N3O3. The monoisotopic (exact) mass is 173 g/mol. The number of fused-ring (bicyclic) bond motifs is 1. The van der Waals surface area contributed by atoms with Gasteiger partial charge < -0.3 is 16.1 Å². The maximum Gasteiger partial charge on any atom is 0.183 e. The summed E-state index contributed by atoms with van der Waals surface area (Å²) in [6, 6.07) is -0.590. The van der Waals surface area contributed by atoms with Gasteiger partial charge in [0.2, 0.25) is 0 Å². The molecule has 1 aliphatic heterocycles. The Balaban J connectivity index is 2.16. The van der Waals surface area contributed by atoms with Crippen molar-refractivity contribution < 1.29 is 15.4 Å². The Kier molecular flexibility index (Phi) is 1.78. The zero-order chi connectivity index (χ0) is 8.72. The van der Waals surface area contributed by atoms with Gasteiger partial charge in [-0.1, -0.05) is 6.08 Å². The van der Waals surface area contributed by atoms with Crippen LogP contribution in [0, 0.1) is 10.4 Å². The molecule has 0 amide bonds. The van der Waals surface area contributed by atoms with Gasteiger partial charge in [0.15, 0.2) is 12.1 Å². The second-order valence-corrected chi connectivity index (χ2v) is 3.17. The number of hydrogen-bond donors (Lipinski definition) is 3. The van der Waals surface area contributed by atoms with Crippen molar-refractivity contribution in [2.24, 2.45) is 5.73 Å². The van der Waals surface area contributed by atoms with Crippen LogP contribution in [0.15, 0.2) is 11.8 Å². The second kappa shape index (κ2) is 2.68. The smallest absolute Gasteiger partial charge is 0.183 e. The molecule has 0 aromatic rings. The van der Waals surface area contributed by atoms with Gasteiger partial charge in [0.1, 0.15) is 0 Å². The summed E-state index contributed by atoms with van der Waals surface area (Å²) in [6.07, 6.45) is 2.80. The van der Waals surface area contributed by atoms with E-state index in [-0.39, 0.29) is 12.1 Å². The first-order valence-electron chi connectivity index (χ1n) is 3.88. The summed E-state index contributed by atoms with van der Waals surface area (Å²) < 4.78 is 0. The number of hydrogen-bond acceptors (Lipinski definition) is 4. The van der Waals surface area contributed by atoms with Crippen LogP contribution in [-0.2, 0) is 4.94 Å². The maximum absolute atomic E-state index is 11.0. The van der Waals surface area contributed by atoms with Crippen molar-refractivity contribution in [3.63, 3.8) is 0 Å². The molecule has 0 saturated carbocycles. The molecule has 12 heavy (non-hydrogen) atoms. The van der Waals surface area contributed by atoms with E-state index >= 15 is 0 Å². The highest BCUT2D eigenvalue weighted by Gasteiger charge is 2.44. The molecule has 1 saturated heterocycles. The van der Waals surface area contributed by atoms with E-state index in [1.807, 2.05) is 0 Å². The third kappa shape index (κ3) is 1.10. The Morgan fingerprint density at radius 3 is 2.83 bits per heavy atom. The normalized spacial score (nSPS) is 47.0. The average Bonchev–Trinajstić information content (AvgIpc) is 2.28. The van der Waals surface area contributed by atoms with Crippen molar-refractivity contribution in [1.29, 1.82) is 0 Å². The molecule has 4 atom stereocenters. The van der Waals surface area contributed by atoms with Crippen molar-refractivity contribution in [2.45, 2.75) is 24.9 Å². The van der Waals surface area contributed by atoms with Crippen LogP contribution in [0.25, 0.3) is 0 Å². The Labute approximate surface area is 69.2 Å². The van der Waals surface area contributed by atoms with Crippen molar-refractivity contribution >= 4 is 0 Å². The number of nitrogens with two attached hydrogens (primary N) is 1. The number of hydroxylamine groups is 4. The molecule has 6 heteroatoms. The zero-order valence-electron chi connectivity index (χ0n) is 6.45. The molecule has 4 N–H and O–H groups in total. The topological polar surface area (TPSA) is 90.2 Å². The minimum atomic E-state index is -0.416. The van der Waals surface area contributed by atoms with Crippen LogP contribution in [0.1, 0.15) is 12.8 Å². The van der Waals surface area contributed by atoms with Gasteiger partial charge in [-0.2, -0.15) is 10.5 Å². The lowest BCUT2D eigenvalue weighted by Gasteiger charge is -2.22. The maximum atomic E-state index is 11.0. The van der Waals surface area contributed by atoms with E-state index in [1.165, 1.54) is 0 Å². The van der Waals surface area contributed by atoms with Gasteiger partial charge >= 0.3 is 0 Å². The summed E-state index contributed by atoms with van der Waals surface area (Å²) in [5.41, 5.74) is 6.22. The zero-order valence-corrected chi connectivity index (χ0v) is 6.45. The molecule has 0 bridgehead atoms. The summed E-state index contributed by atoms with van der Waals surface area (Å²) in [6.45, 7) is 0. The van der Waals surface area contributed by atoms with Gasteiger partial charge in [0.25, 0.3) is 0 Å². The van der Waals surface area contributed by atoms with E-state index in [4.69, 9.17) is 5.73 Å². The molecule has 68 valence electrons. The first-order valence-corrected chi connectivity index (χ1v) is 3.88. The minimum absolute atomic E-state index is 0.273. The predicted molar refractivity (Wildman–Crippen MR) is 38.8 cm³/mol. The van der Waals surface area contributed by atoms with Crippen LogP contribution in [0.2, 0.25) is 0 Å². The molecule has 6 nitrogen and oxygen atoms in total. The van der Waals surface area contributed by atoms with Gasteiger partial charge in [0, 0.05) is 18.5 Å². The fourth-order valence-corrected chi connectivity index (χ4v) is 1.68. The Bertz CT molecular complexity index is 220. The summed E-state index contributed by atoms with van der Waals surface area (Å²) in [5.74, 6) is 0. The van der Waals surface area contributed by atoms with Gasteiger partial charge in [-0.3, -0.25) is 0 Å². The van der Waals surface area contributed by atoms with Gasteiger partial charge in [0.05, 0.1) is 0 Å². The molecule has 2 rings (SSSR count). The van der Waals surface area contributed by atoms with Crippen LogP contribution in [-0.4, -0.2) is 12.1 Å². The third-order valence-corrected chi connectivity index (χ3v) is 2.38. The van der Waals surface area contributed by atoms with Crippen LogP contribution in [0.5, 0.6) is 0 Å². The first-order chi connectivity index (χ1) is 5.68. The van der Waals surface area contributed by atoms with E-state index in [2.05, 4.69) is 4.94 Å².